The second-order valence-electron chi connectivity index (χ2n) is 6.31. The van der Waals surface area contributed by atoms with Gasteiger partial charge in [0.15, 0.2) is 0 Å². The van der Waals surface area contributed by atoms with Gasteiger partial charge in [-0.1, -0.05) is 32.6 Å². The van der Waals surface area contributed by atoms with E-state index in [0.717, 1.165) is 12.0 Å². The van der Waals surface area contributed by atoms with E-state index in [1.165, 1.54) is 57.8 Å². The number of aliphatic hydroxyl groups is 1. The molecule has 0 bridgehead atoms. The molecule has 4 atom stereocenters. The van der Waals surface area contributed by atoms with Crippen molar-refractivity contribution in [3.05, 3.63) is 0 Å². The number of hydrogen-bond acceptors (Lipinski definition) is 2. The first-order valence-electron chi connectivity index (χ1n) is 7.66. The number of nitrogens with one attached hydrogen (secondary N) is 1. The van der Waals surface area contributed by atoms with E-state index in [2.05, 4.69) is 12.2 Å². The molecule has 2 aliphatic rings. The Hall–Kier alpha value is -0.0800. The fourth-order valence-corrected chi connectivity index (χ4v) is 3.60. The van der Waals surface area contributed by atoms with Gasteiger partial charge >= 0.3 is 0 Å². The van der Waals surface area contributed by atoms with Crippen molar-refractivity contribution in [1.29, 1.82) is 0 Å². The van der Waals surface area contributed by atoms with Gasteiger partial charge in [0.2, 0.25) is 0 Å². The standard InChI is InChI=1S/C15H29NO/c1-12-5-4-7-14(10-9-12)16-15-8-3-2-6-13(15)11-17/h12-17H,2-11H2,1H3. The smallest absolute Gasteiger partial charge is 0.0474 e. The van der Waals surface area contributed by atoms with E-state index in [4.69, 9.17) is 0 Å². The summed E-state index contributed by atoms with van der Waals surface area (Å²) < 4.78 is 0. The Morgan fingerprint density at radius 2 is 1.76 bits per heavy atom. The first kappa shape index (κ1) is 13.4. The lowest BCUT2D eigenvalue weighted by Crippen LogP contribution is -2.45. The molecule has 2 rings (SSSR count). The van der Waals surface area contributed by atoms with Crippen LogP contribution in [0.15, 0.2) is 0 Å². The summed E-state index contributed by atoms with van der Waals surface area (Å²) in [6, 6.07) is 1.31. The fourth-order valence-electron chi connectivity index (χ4n) is 3.60. The molecule has 2 fully saturated rings. The van der Waals surface area contributed by atoms with Gasteiger partial charge in [0.1, 0.15) is 0 Å². The van der Waals surface area contributed by atoms with Gasteiger partial charge in [0.05, 0.1) is 0 Å². The van der Waals surface area contributed by atoms with Crippen molar-refractivity contribution < 1.29 is 5.11 Å². The molecule has 2 saturated carbocycles. The molecule has 4 unspecified atom stereocenters. The van der Waals surface area contributed by atoms with Gasteiger partial charge in [-0.25, -0.2) is 0 Å². The molecule has 2 aliphatic carbocycles. The Kier molecular flexibility index (Phi) is 5.30. The predicted octanol–water partition coefficient (Wildman–Crippen LogP) is 3.10. The molecule has 0 heterocycles. The minimum absolute atomic E-state index is 0.376. The first-order valence-corrected chi connectivity index (χ1v) is 7.66. The lowest BCUT2D eigenvalue weighted by atomic mass is 9.84. The lowest BCUT2D eigenvalue weighted by molar-refractivity contribution is 0.143. The molecule has 0 aromatic rings. The van der Waals surface area contributed by atoms with E-state index < -0.39 is 0 Å². The van der Waals surface area contributed by atoms with Crippen LogP contribution < -0.4 is 5.32 Å². The van der Waals surface area contributed by atoms with Gasteiger partial charge in [-0.15, -0.1) is 0 Å². The highest BCUT2D eigenvalue weighted by atomic mass is 16.3. The Balaban J connectivity index is 1.81. The van der Waals surface area contributed by atoms with Crippen LogP contribution in [0.2, 0.25) is 0 Å². The molecular formula is C15H29NO. The third-order valence-corrected chi connectivity index (χ3v) is 4.85. The van der Waals surface area contributed by atoms with Crippen molar-refractivity contribution in [3.63, 3.8) is 0 Å². The topological polar surface area (TPSA) is 32.3 Å². The SMILES string of the molecule is CC1CCCC(NC2CCCCC2CO)CC1. The van der Waals surface area contributed by atoms with Gasteiger partial charge in [0.25, 0.3) is 0 Å². The Morgan fingerprint density at radius 3 is 2.59 bits per heavy atom. The molecule has 0 aromatic heterocycles. The molecule has 0 aromatic carbocycles. The summed E-state index contributed by atoms with van der Waals surface area (Å²) in [6.07, 6.45) is 12.0. The maximum absolute atomic E-state index is 9.45. The highest BCUT2D eigenvalue weighted by Crippen LogP contribution is 2.27. The van der Waals surface area contributed by atoms with Crippen molar-refractivity contribution in [2.45, 2.75) is 76.8 Å². The second kappa shape index (κ2) is 6.75. The van der Waals surface area contributed by atoms with E-state index in [0.29, 0.717) is 18.6 Å². The average molecular weight is 239 g/mol. The van der Waals surface area contributed by atoms with Crippen molar-refractivity contribution in [2.75, 3.05) is 6.61 Å². The van der Waals surface area contributed by atoms with E-state index in [1.54, 1.807) is 0 Å². The van der Waals surface area contributed by atoms with Gasteiger partial charge in [0, 0.05) is 18.7 Å². The zero-order chi connectivity index (χ0) is 12.1. The van der Waals surface area contributed by atoms with Crippen molar-refractivity contribution in [2.24, 2.45) is 11.8 Å². The summed E-state index contributed by atoms with van der Waals surface area (Å²) >= 11 is 0. The average Bonchev–Trinajstić information content (AvgIpc) is 2.55. The quantitative estimate of drug-likeness (QED) is 0.742. The lowest BCUT2D eigenvalue weighted by Gasteiger charge is -2.34. The second-order valence-corrected chi connectivity index (χ2v) is 6.31. The van der Waals surface area contributed by atoms with Crippen LogP contribution in [0.1, 0.15) is 64.7 Å². The maximum atomic E-state index is 9.45. The van der Waals surface area contributed by atoms with Gasteiger partial charge in [-0.3, -0.25) is 0 Å². The van der Waals surface area contributed by atoms with Crippen LogP contribution in [0.25, 0.3) is 0 Å². The number of hydrogen-bond donors (Lipinski definition) is 2. The predicted molar refractivity (Wildman–Crippen MR) is 72.0 cm³/mol. The molecule has 100 valence electrons. The van der Waals surface area contributed by atoms with Gasteiger partial charge in [-0.2, -0.15) is 0 Å². The molecule has 17 heavy (non-hydrogen) atoms. The monoisotopic (exact) mass is 239 g/mol. The Bertz CT molecular complexity index is 219. The fraction of sp³-hybridized carbons (Fsp3) is 1.00. The molecule has 0 radical (unpaired) electrons. The highest BCUT2D eigenvalue weighted by molar-refractivity contribution is 4.84. The summed E-state index contributed by atoms with van der Waals surface area (Å²) in [6.45, 7) is 2.76. The van der Waals surface area contributed by atoms with E-state index in [-0.39, 0.29) is 0 Å². The third-order valence-electron chi connectivity index (χ3n) is 4.85. The molecule has 0 amide bonds. The normalized spacial score (nSPS) is 39.9. The zero-order valence-electron chi connectivity index (χ0n) is 11.3. The van der Waals surface area contributed by atoms with Crippen molar-refractivity contribution >= 4 is 0 Å². The van der Waals surface area contributed by atoms with Crippen LogP contribution in [0.5, 0.6) is 0 Å². The zero-order valence-corrected chi connectivity index (χ0v) is 11.3. The summed E-state index contributed by atoms with van der Waals surface area (Å²) in [5, 5.41) is 13.3. The molecule has 2 heteroatoms. The van der Waals surface area contributed by atoms with E-state index >= 15 is 0 Å². The third kappa shape index (κ3) is 3.96. The van der Waals surface area contributed by atoms with Crippen LogP contribution in [0.3, 0.4) is 0 Å². The van der Waals surface area contributed by atoms with Crippen molar-refractivity contribution in [1.82, 2.24) is 5.32 Å². The summed E-state index contributed by atoms with van der Waals surface area (Å²) in [7, 11) is 0. The van der Waals surface area contributed by atoms with Gasteiger partial charge in [-0.05, 0) is 43.9 Å². The van der Waals surface area contributed by atoms with Crippen LogP contribution >= 0.6 is 0 Å². The van der Waals surface area contributed by atoms with Crippen LogP contribution in [0, 0.1) is 11.8 Å². The molecule has 0 saturated heterocycles. The summed E-state index contributed by atoms with van der Waals surface area (Å²) in [4.78, 5) is 0. The van der Waals surface area contributed by atoms with Crippen molar-refractivity contribution in [3.8, 4) is 0 Å². The minimum Gasteiger partial charge on any atom is -0.396 e. The number of aliphatic hydroxyl groups excluding tert-OH is 1. The summed E-state index contributed by atoms with van der Waals surface area (Å²) in [5.41, 5.74) is 0. The Labute approximate surface area is 106 Å². The number of rotatable bonds is 3. The van der Waals surface area contributed by atoms with E-state index in [1.807, 2.05) is 0 Å². The van der Waals surface area contributed by atoms with Gasteiger partial charge < -0.3 is 10.4 Å². The highest BCUT2D eigenvalue weighted by Gasteiger charge is 2.27. The largest absolute Gasteiger partial charge is 0.396 e. The molecule has 0 aliphatic heterocycles. The molecule has 0 spiro atoms. The summed E-state index contributed by atoms with van der Waals surface area (Å²) in [5.74, 6) is 1.44. The van der Waals surface area contributed by atoms with E-state index in [9.17, 15) is 5.11 Å². The Morgan fingerprint density at radius 1 is 0.941 bits per heavy atom. The molecule has 2 nitrogen and oxygen atoms in total. The molecule has 2 N–H and O–H groups in total. The van der Waals surface area contributed by atoms with Crippen LogP contribution in [-0.2, 0) is 0 Å². The minimum atomic E-state index is 0.376. The van der Waals surface area contributed by atoms with Crippen LogP contribution in [0.4, 0.5) is 0 Å². The first-order chi connectivity index (χ1) is 8.29. The molecular weight excluding hydrogens is 210 g/mol. The van der Waals surface area contributed by atoms with Crippen LogP contribution in [-0.4, -0.2) is 23.8 Å². The maximum Gasteiger partial charge on any atom is 0.0474 e.